The van der Waals surface area contributed by atoms with Crippen LogP contribution in [0, 0.1) is 5.82 Å². The molecule has 1 atom stereocenters. The minimum absolute atomic E-state index is 0.129. The molecule has 7 heteroatoms. The minimum atomic E-state index is -0.564. The van der Waals surface area contributed by atoms with Crippen LogP contribution >= 0.6 is 15.9 Å². The number of anilines is 1. The van der Waals surface area contributed by atoms with Crippen LogP contribution in [0.5, 0.6) is 0 Å². The largest absolute Gasteiger partial charge is 0.301 e. The lowest BCUT2D eigenvalue weighted by atomic mass is 9.98. The zero-order valence-electron chi connectivity index (χ0n) is 16.3. The molecule has 31 heavy (non-hydrogen) atoms. The summed E-state index contributed by atoms with van der Waals surface area (Å²) in [4.78, 5) is 26.5. The van der Waals surface area contributed by atoms with Crippen molar-refractivity contribution in [1.29, 1.82) is 0 Å². The first kappa shape index (κ1) is 19.6. The number of hydrogen-bond acceptors (Lipinski definition) is 4. The second-order valence-corrected chi connectivity index (χ2v) is 8.40. The van der Waals surface area contributed by atoms with Crippen LogP contribution in [0.4, 0.5) is 10.1 Å². The Kier molecular flexibility index (Phi) is 4.90. The van der Waals surface area contributed by atoms with Crippen molar-refractivity contribution in [1.82, 2.24) is 5.01 Å². The van der Waals surface area contributed by atoms with Crippen LogP contribution in [0.15, 0.2) is 82.4 Å². The van der Waals surface area contributed by atoms with E-state index >= 15 is 0 Å². The van der Waals surface area contributed by atoms with E-state index in [1.165, 1.54) is 17.0 Å². The Morgan fingerprint density at radius 1 is 0.968 bits per heavy atom. The van der Waals surface area contributed by atoms with Gasteiger partial charge in [-0.3, -0.25) is 19.5 Å². The normalized spacial score (nSPS) is 17.9. The third-order valence-corrected chi connectivity index (χ3v) is 6.12. The van der Waals surface area contributed by atoms with Crippen molar-refractivity contribution in [3.05, 3.63) is 99.8 Å². The fourth-order valence-electron chi connectivity index (χ4n) is 4.01. The number of carbonyl (C=O) groups is 2. The molecule has 2 aliphatic rings. The highest BCUT2D eigenvalue weighted by Crippen LogP contribution is 2.36. The van der Waals surface area contributed by atoms with Crippen molar-refractivity contribution in [2.24, 2.45) is 5.10 Å². The third kappa shape index (κ3) is 3.55. The van der Waals surface area contributed by atoms with E-state index in [9.17, 15) is 14.0 Å². The van der Waals surface area contributed by atoms with Gasteiger partial charge in [0.15, 0.2) is 0 Å². The molecule has 0 spiro atoms. The first-order valence-corrected chi connectivity index (χ1v) is 10.6. The standard InChI is InChI=1S/C24H17BrFN3O2/c25-17-9-5-15(6-10-17)20-13-22(16-7-11-18(26)12-8-16)29(27-20)14-28-21-4-2-1-3-19(21)23(30)24(28)31/h1-12,22H,13-14H2/t22-/m1/s1. The van der Waals surface area contributed by atoms with Crippen molar-refractivity contribution in [2.75, 3.05) is 11.6 Å². The molecule has 3 aromatic rings. The van der Waals surface area contributed by atoms with Gasteiger partial charge in [-0.25, -0.2) is 4.39 Å². The maximum absolute atomic E-state index is 13.5. The summed E-state index contributed by atoms with van der Waals surface area (Å²) < 4.78 is 14.5. The lowest BCUT2D eigenvalue weighted by molar-refractivity contribution is -0.114. The van der Waals surface area contributed by atoms with E-state index < -0.39 is 11.7 Å². The molecular formula is C24H17BrFN3O2. The predicted octanol–water partition coefficient (Wildman–Crippen LogP) is 4.93. The molecule has 0 aromatic heterocycles. The molecule has 0 saturated heterocycles. The van der Waals surface area contributed by atoms with Gasteiger partial charge in [-0.1, -0.05) is 52.3 Å². The molecule has 2 aliphatic heterocycles. The zero-order valence-corrected chi connectivity index (χ0v) is 17.9. The van der Waals surface area contributed by atoms with E-state index in [0.717, 1.165) is 21.3 Å². The number of hydrazone groups is 1. The topological polar surface area (TPSA) is 53.0 Å². The minimum Gasteiger partial charge on any atom is -0.285 e. The summed E-state index contributed by atoms with van der Waals surface area (Å²) in [5.74, 6) is -1.38. The van der Waals surface area contributed by atoms with Crippen molar-refractivity contribution in [3.8, 4) is 0 Å². The monoisotopic (exact) mass is 477 g/mol. The number of benzene rings is 3. The summed E-state index contributed by atoms with van der Waals surface area (Å²) in [5, 5.41) is 6.60. The van der Waals surface area contributed by atoms with Crippen molar-refractivity contribution >= 4 is 39.0 Å². The van der Waals surface area contributed by atoms with Gasteiger partial charge in [0.05, 0.1) is 23.0 Å². The fraction of sp³-hybridized carbons (Fsp3) is 0.125. The third-order valence-electron chi connectivity index (χ3n) is 5.59. The Morgan fingerprint density at radius 3 is 2.42 bits per heavy atom. The number of para-hydroxylation sites is 1. The second-order valence-electron chi connectivity index (χ2n) is 7.49. The quantitative estimate of drug-likeness (QED) is 0.500. The molecule has 5 nitrogen and oxygen atoms in total. The molecule has 3 aromatic carbocycles. The van der Waals surface area contributed by atoms with Gasteiger partial charge in [0.25, 0.3) is 5.78 Å². The Hall–Kier alpha value is -3.32. The van der Waals surface area contributed by atoms with Crippen LogP contribution < -0.4 is 4.90 Å². The molecule has 2 heterocycles. The van der Waals surface area contributed by atoms with Gasteiger partial charge < -0.3 is 0 Å². The number of nitrogens with zero attached hydrogens (tertiary/aromatic N) is 3. The summed E-state index contributed by atoms with van der Waals surface area (Å²) in [6.45, 7) is 0.129. The summed E-state index contributed by atoms with van der Waals surface area (Å²) in [7, 11) is 0. The van der Waals surface area contributed by atoms with Gasteiger partial charge >= 0.3 is 5.91 Å². The molecule has 154 valence electrons. The molecule has 0 aliphatic carbocycles. The molecule has 0 saturated carbocycles. The number of carbonyl (C=O) groups excluding carboxylic acids is 2. The number of amides is 1. The van der Waals surface area contributed by atoms with Crippen molar-refractivity contribution in [2.45, 2.75) is 12.5 Å². The van der Waals surface area contributed by atoms with Crippen LogP contribution in [0.1, 0.15) is 33.9 Å². The highest BCUT2D eigenvalue weighted by atomic mass is 79.9. The molecule has 1 amide bonds. The average Bonchev–Trinajstić information content (AvgIpc) is 3.30. The highest BCUT2D eigenvalue weighted by molar-refractivity contribution is 9.10. The lowest BCUT2D eigenvalue weighted by Gasteiger charge is -2.28. The molecule has 0 unspecified atom stereocenters. The van der Waals surface area contributed by atoms with E-state index in [-0.39, 0.29) is 18.5 Å². The van der Waals surface area contributed by atoms with Gasteiger partial charge in [0.2, 0.25) is 0 Å². The Morgan fingerprint density at radius 2 is 1.68 bits per heavy atom. The molecule has 0 radical (unpaired) electrons. The number of hydrogen-bond donors (Lipinski definition) is 0. The lowest BCUT2D eigenvalue weighted by Crippen LogP contribution is -2.39. The maximum atomic E-state index is 13.5. The summed E-state index contributed by atoms with van der Waals surface area (Å²) in [6.07, 6.45) is 0.602. The van der Waals surface area contributed by atoms with E-state index in [0.29, 0.717) is 17.7 Å². The second kappa shape index (κ2) is 7.74. The zero-order chi connectivity index (χ0) is 21.5. The Balaban J connectivity index is 1.51. The number of fused-ring (bicyclic) bond motifs is 1. The smallest absolute Gasteiger partial charge is 0.285 e. The van der Waals surface area contributed by atoms with E-state index in [1.807, 2.05) is 24.3 Å². The first-order valence-electron chi connectivity index (χ1n) is 9.82. The van der Waals surface area contributed by atoms with E-state index in [2.05, 4.69) is 15.9 Å². The molecule has 0 fully saturated rings. The summed E-state index contributed by atoms with van der Waals surface area (Å²) in [5.41, 5.74) is 3.73. The van der Waals surface area contributed by atoms with E-state index in [1.54, 1.807) is 41.4 Å². The molecule has 0 bridgehead atoms. The van der Waals surface area contributed by atoms with Crippen LogP contribution in [-0.4, -0.2) is 29.1 Å². The van der Waals surface area contributed by atoms with E-state index in [4.69, 9.17) is 5.10 Å². The Bertz CT molecular complexity index is 1210. The van der Waals surface area contributed by atoms with Crippen LogP contribution in [0.3, 0.4) is 0 Å². The SMILES string of the molecule is O=C1C(=O)N(CN2N=C(c3ccc(Br)cc3)C[C@@H]2c2ccc(F)cc2)c2ccccc21. The molecule has 0 N–H and O–H groups in total. The van der Waals surface area contributed by atoms with Gasteiger partial charge in [0.1, 0.15) is 12.5 Å². The summed E-state index contributed by atoms with van der Waals surface area (Å²) in [6, 6.07) is 21.0. The number of Topliss-reactive ketones (excluding diaryl/α,β-unsaturated/α-hetero) is 1. The van der Waals surface area contributed by atoms with Crippen LogP contribution in [-0.2, 0) is 4.79 Å². The van der Waals surface area contributed by atoms with Crippen LogP contribution in [0.2, 0.25) is 0 Å². The maximum Gasteiger partial charge on any atom is 0.301 e. The van der Waals surface area contributed by atoms with Crippen molar-refractivity contribution in [3.63, 3.8) is 0 Å². The summed E-state index contributed by atoms with van der Waals surface area (Å²) >= 11 is 3.45. The van der Waals surface area contributed by atoms with Gasteiger partial charge in [0, 0.05) is 10.9 Å². The van der Waals surface area contributed by atoms with Crippen molar-refractivity contribution < 1.29 is 14.0 Å². The Labute approximate surface area is 186 Å². The highest BCUT2D eigenvalue weighted by Gasteiger charge is 2.39. The van der Waals surface area contributed by atoms with Crippen LogP contribution in [0.25, 0.3) is 0 Å². The first-order chi connectivity index (χ1) is 15.0. The number of ketones is 1. The number of rotatable bonds is 4. The number of halogens is 2. The predicted molar refractivity (Wildman–Crippen MR) is 119 cm³/mol. The fourth-order valence-corrected chi connectivity index (χ4v) is 4.27. The van der Waals surface area contributed by atoms with Gasteiger partial charge in [-0.05, 0) is 47.5 Å². The van der Waals surface area contributed by atoms with Gasteiger partial charge in [-0.2, -0.15) is 5.10 Å². The van der Waals surface area contributed by atoms with Gasteiger partial charge in [-0.15, -0.1) is 0 Å². The molecule has 5 rings (SSSR count). The molecular weight excluding hydrogens is 461 g/mol. The average molecular weight is 478 g/mol.